The Bertz CT molecular complexity index is 1290. The first-order valence-electron chi connectivity index (χ1n) is 10.5. The number of hydrogen-bond donors (Lipinski definition) is 1. The first-order chi connectivity index (χ1) is 16.8. The number of nitrogens with one attached hydrogen (secondary N) is 1. The Balaban J connectivity index is 1.46. The summed E-state index contributed by atoms with van der Waals surface area (Å²) in [4.78, 5) is 27.1. The number of benzene rings is 2. The second kappa shape index (κ2) is 11.0. The average Bonchev–Trinajstić information content (AvgIpc) is 3.43. The lowest BCUT2D eigenvalue weighted by molar-refractivity contribution is -0.122. The van der Waals surface area contributed by atoms with Crippen molar-refractivity contribution in [3.8, 4) is 11.5 Å². The fraction of sp³-hybridized carbons (Fsp3) is 0.160. The monoisotopic (exact) mass is 528 g/mol. The Morgan fingerprint density at radius 3 is 2.71 bits per heavy atom. The van der Waals surface area contributed by atoms with Crippen molar-refractivity contribution in [2.24, 2.45) is 0 Å². The Morgan fingerprint density at radius 2 is 2.03 bits per heavy atom. The largest absolute Gasteiger partial charge is 0.493 e. The Morgan fingerprint density at radius 1 is 1.26 bits per heavy atom. The van der Waals surface area contributed by atoms with E-state index in [1.807, 2.05) is 31.2 Å². The van der Waals surface area contributed by atoms with E-state index < -0.39 is 0 Å². The Hall–Kier alpha value is -3.27. The quantitative estimate of drug-likeness (QED) is 0.298. The number of thiocarbonyl (C=S) groups is 1. The van der Waals surface area contributed by atoms with Crippen molar-refractivity contribution in [1.29, 1.82) is 0 Å². The summed E-state index contributed by atoms with van der Waals surface area (Å²) in [6.45, 7) is 1.97. The molecule has 1 saturated heterocycles. The Kier molecular flexibility index (Phi) is 7.80. The summed E-state index contributed by atoms with van der Waals surface area (Å²) in [5.41, 5.74) is 2.39. The van der Waals surface area contributed by atoms with Gasteiger partial charge in [-0.05, 0) is 55.0 Å². The zero-order chi connectivity index (χ0) is 24.9. The minimum absolute atomic E-state index is 0.223. The Labute approximate surface area is 217 Å². The number of aryl methyl sites for hydroxylation is 1. The molecule has 0 saturated carbocycles. The maximum absolute atomic E-state index is 12.9. The van der Waals surface area contributed by atoms with Crippen molar-refractivity contribution in [3.63, 3.8) is 0 Å². The predicted molar refractivity (Wildman–Crippen MR) is 141 cm³/mol. The molecule has 0 atom stereocenters. The molecule has 35 heavy (non-hydrogen) atoms. The van der Waals surface area contributed by atoms with Crippen molar-refractivity contribution < 1.29 is 23.5 Å². The molecule has 4 rings (SSSR count). The molecule has 2 heterocycles. The number of halogens is 1. The topological polar surface area (TPSA) is 81.0 Å². The summed E-state index contributed by atoms with van der Waals surface area (Å²) >= 11 is 13.0. The van der Waals surface area contributed by atoms with Crippen LogP contribution in [0.15, 0.2) is 64.1 Å². The molecular weight excluding hydrogens is 508 g/mol. The van der Waals surface area contributed by atoms with Crippen LogP contribution in [0.5, 0.6) is 11.5 Å². The van der Waals surface area contributed by atoms with Crippen LogP contribution in [0.2, 0.25) is 5.02 Å². The molecule has 1 aliphatic rings. The molecule has 180 valence electrons. The smallest absolute Gasteiger partial charge is 0.266 e. The normalized spacial score (nSPS) is 14.5. The third kappa shape index (κ3) is 6.05. The van der Waals surface area contributed by atoms with E-state index in [4.69, 9.17) is 37.7 Å². The average molecular weight is 529 g/mol. The van der Waals surface area contributed by atoms with Crippen molar-refractivity contribution in [1.82, 2.24) is 4.90 Å². The first-order valence-corrected chi connectivity index (χ1v) is 12.1. The number of furan rings is 1. The van der Waals surface area contributed by atoms with E-state index in [9.17, 15) is 9.59 Å². The molecule has 3 aromatic rings. The molecule has 7 nitrogen and oxygen atoms in total. The maximum atomic E-state index is 12.9. The van der Waals surface area contributed by atoms with Crippen molar-refractivity contribution >= 4 is 63.5 Å². The number of carbonyl (C=O) groups is 2. The number of rotatable bonds is 8. The zero-order valence-electron chi connectivity index (χ0n) is 18.9. The van der Waals surface area contributed by atoms with Crippen LogP contribution in [0.25, 0.3) is 6.08 Å². The molecule has 1 aliphatic heterocycles. The number of anilines is 1. The van der Waals surface area contributed by atoms with Gasteiger partial charge in [-0.3, -0.25) is 14.5 Å². The van der Waals surface area contributed by atoms with Gasteiger partial charge >= 0.3 is 0 Å². The lowest BCUT2D eigenvalue weighted by Crippen LogP contribution is -2.27. The molecule has 1 N–H and O–H groups in total. The summed E-state index contributed by atoms with van der Waals surface area (Å²) in [6, 6.07) is 14.3. The number of hydrogen-bond acceptors (Lipinski definition) is 7. The zero-order valence-corrected chi connectivity index (χ0v) is 21.3. The molecule has 2 aromatic carbocycles. The second-order valence-corrected chi connectivity index (χ2v) is 9.67. The van der Waals surface area contributed by atoms with Crippen molar-refractivity contribution in [3.05, 3.63) is 81.6 Å². The van der Waals surface area contributed by atoms with Crippen LogP contribution in [-0.4, -0.2) is 34.8 Å². The number of carbonyl (C=O) groups excluding carboxylic acids is 2. The second-order valence-electron chi connectivity index (χ2n) is 7.58. The van der Waals surface area contributed by atoms with E-state index in [0.29, 0.717) is 32.0 Å². The fourth-order valence-electron chi connectivity index (χ4n) is 3.28. The molecule has 0 aliphatic carbocycles. The van der Waals surface area contributed by atoms with E-state index in [1.165, 1.54) is 23.8 Å². The van der Waals surface area contributed by atoms with E-state index in [0.717, 1.165) is 5.56 Å². The fourth-order valence-corrected chi connectivity index (χ4v) is 4.81. The molecular formula is C25H21ClN2O5S2. The number of thioether (sulfide) groups is 1. The molecule has 1 fully saturated rings. The van der Waals surface area contributed by atoms with Crippen LogP contribution in [0.4, 0.5) is 5.69 Å². The van der Waals surface area contributed by atoms with Crippen LogP contribution in [0.3, 0.4) is 0 Å². The van der Waals surface area contributed by atoms with Gasteiger partial charge in [0.1, 0.15) is 10.1 Å². The number of methoxy groups -OCH3 is 1. The van der Waals surface area contributed by atoms with Gasteiger partial charge in [0.25, 0.3) is 11.8 Å². The summed E-state index contributed by atoms with van der Waals surface area (Å²) in [5.74, 6) is 0.643. The van der Waals surface area contributed by atoms with Crippen LogP contribution in [0.1, 0.15) is 16.9 Å². The van der Waals surface area contributed by atoms with Crippen LogP contribution in [0, 0.1) is 6.92 Å². The number of ether oxygens (including phenoxy) is 2. The first kappa shape index (κ1) is 24.8. The van der Waals surface area contributed by atoms with Gasteiger partial charge in [-0.25, -0.2) is 0 Å². The van der Waals surface area contributed by atoms with E-state index >= 15 is 0 Å². The lowest BCUT2D eigenvalue weighted by atomic mass is 10.1. The predicted octanol–water partition coefficient (Wildman–Crippen LogP) is 5.67. The highest BCUT2D eigenvalue weighted by Crippen LogP contribution is 2.39. The molecule has 10 heteroatoms. The van der Waals surface area contributed by atoms with Gasteiger partial charge in [-0.1, -0.05) is 53.3 Å². The SMILES string of the molecule is COc1cc(/C=C2\SC(=S)N(Cc3ccco3)C2=O)cc(Cl)c1OCC(=O)Nc1ccc(C)cc1. The molecule has 2 amide bonds. The summed E-state index contributed by atoms with van der Waals surface area (Å²) in [5, 5.41) is 3.00. The van der Waals surface area contributed by atoms with Gasteiger partial charge in [-0.15, -0.1) is 0 Å². The highest BCUT2D eigenvalue weighted by molar-refractivity contribution is 8.26. The highest BCUT2D eigenvalue weighted by Gasteiger charge is 2.32. The molecule has 0 radical (unpaired) electrons. The van der Waals surface area contributed by atoms with E-state index in [2.05, 4.69) is 5.32 Å². The maximum Gasteiger partial charge on any atom is 0.266 e. The third-order valence-corrected chi connectivity index (χ3v) is 6.66. The van der Waals surface area contributed by atoms with Gasteiger partial charge in [0.05, 0.1) is 29.8 Å². The minimum atomic E-state index is -0.337. The number of amides is 2. The third-order valence-electron chi connectivity index (χ3n) is 5.00. The van der Waals surface area contributed by atoms with Crippen LogP contribution >= 0.6 is 35.6 Å². The molecule has 1 aromatic heterocycles. The van der Waals surface area contributed by atoms with Crippen LogP contribution < -0.4 is 14.8 Å². The summed E-state index contributed by atoms with van der Waals surface area (Å²) in [6.07, 6.45) is 3.23. The van der Waals surface area contributed by atoms with Crippen molar-refractivity contribution in [2.45, 2.75) is 13.5 Å². The molecule has 0 bridgehead atoms. The van der Waals surface area contributed by atoms with E-state index in [1.54, 1.807) is 36.6 Å². The minimum Gasteiger partial charge on any atom is -0.493 e. The lowest BCUT2D eigenvalue weighted by Gasteiger charge is -2.14. The molecule has 0 unspecified atom stereocenters. The van der Waals surface area contributed by atoms with Gasteiger partial charge in [-0.2, -0.15) is 0 Å². The van der Waals surface area contributed by atoms with Gasteiger partial charge < -0.3 is 19.2 Å². The van der Waals surface area contributed by atoms with Crippen molar-refractivity contribution in [2.75, 3.05) is 19.0 Å². The van der Waals surface area contributed by atoms with Crippen LogP contribution in [-0.2, 0) is 16.1 Å². The standard InChI is InChI=1S/C25H21ClN2O5S2/c1-15-5-7-17(8-6-15)27-22(29)14-33-23-19(26)10-16(11-20(23)31-2)12-21-24(30)28(25(34)35-21)13-18-4-3-9-32-18/h3-12H,13-14H2,1-2H3,(H,27,29)/b21-12-. The molecule has 0 spiro atoms. The van der Waals surface area contributed by atoms with E-state index in [-0.39, 0.29) is 35.7 Å². The summed E-state index contributed by atoms with van der Waals surface area (Å²) in [7, 11) is 1.47. The van der Waals surface area contributed by atoms with Gasteiger partial charge in [0.15, 0.2) is 18.1 Å². The van der Waals surface area contributed by atoms with Gasteiger partial charge in [0.2, 0.25) is 0 Å². The van der Waals surface area contributed by atoms with Gasteiger partial charge in [0, 0.05) is 5.69 Å². The number of nitrogens with zero attached hydrogens (tertiary/aromatic N) is 1. The highest BCUT2D eigenvalue weighted by atomic mass is 35.5. The summed E-state index contributed by atoms with van der Waals surface area (Å²) < 4.78 is 16.8.